The number of hydrogen-bond donors (Lipinski definition) is 1. The molecule has 140 valence electrons. The van der Waals surface area contributed by atoms with Gasteiger partial charge in [-0.2, -0.15) is 5.26 Å². The summed E-state index contributed by atoms with van der Waals surface area (Å²) in [4.78, 5) is 28.7. The topological polar surface area (TPSA) is 99.8 Å². The summed E-state index contributed by atoms with van der Waals surface area (Å²) in [5, 5.41) is 19.9. The van der Waals surface area contributed by atoms with E-state index in [1.165, 1.54) is 12.1 Å². The van der Waals surface area contributed by atoms with Crippen LogP contribution in [0.15, 0.2) is 59.1 Å². The molecule has 6 heteroatoms. The molecule has 2 aromatic carbocycles. The molecule has 0 unspecified atom stereocenters. The monoisotopic (exact) mass is 374 g/mol. The third-order valence-electron chi connectivity index (χ3n) is 4.13. The number of aliphatic hydroxyl groups excluding tert-OH is 1. The molecule has 1 N–H and O–H groups in total. The number of ketones is 1. The Balaban J connectivity index is 1.87. The molecule has 0 saturated heterocycles. The summed E-state index contributed by atoms with van der Waals surface area (Å²) in [7, 11) is 0. The quantitative estimate of drug-likeness (QED) is 0.622. The number of carbonyl (C=O) groups is 2. The van der Waals surface area contributed by atoms with E-state index in [0.29, 0.717) is 29.0 Å². The van der Waals surface area contributed by atoms with Crippen molar-refractivity contribution in [1.29, 1.82) is 5.26 Å². The fraction of sp³-hybridized carbons (Fsp3) is 0.182. The summed E-state index contributed by atoms with van der Waals surface area (Å²) in [5.41, 5.74) is 1.15. The first kappa shape index (κ1) is 19.1. The van der Waals surface area contributed by atoms with Crippen LogP contribution in [0.4, 0.5) is 5.69 Å². The molecule has 3 rings (SSSR count). The van der Waals surface area contributed by atoms with E-state index >= 15 is 0 Å². The van der Waals surface area contributed by atoms with Crippen molar-refractivity contribution in [1.82, 2.24) is 0 Å². The smallest absolute Gasteiger partial charge is 0.338 e. The van der Waals surface area contributed by atoms with Gasteiger partial charge in [-0.15, -0.1) is 0 Å². The van der Waals surface area contributed by atoms with Crippen LogP contribution in [0, 0.1) is 17.2 Å². The van der Waals surface area contributed by atoms with Crippen molar-refractivity contribution in [2.75, 3.05) is 6.61 Å². The predicted molar refractivity (Wildman–Crippen MR) is 105 cm³/mol. The third kappa shape index (κ3) is 3.69. The number of aliphatic imine (C=N–C) groups is 1. The van der Waals surface area contributed by atoms with Crippen LogP contribution in [0.3, 0.4) is 0 Å². The second-order valence-electron chi connectivity index (χ2n) is 6.71. The van der Waals surface area contributed by atoms with Crippen LogP contribution < -0.4 is 0 Å². The Bertz CT molecular complexity index is 1040. The second-order valence-corrected chi connectivity index (χ2v) is 6.71. The molecule has 0 saturated carbocycles. The lowest BCUT2D eigenvalue weighted by Crippen LogP contribution is -2.10. The molecule has 2 aromatic rings. The first-order chi connectivity index (χ1) is 13.4. The van der Waals surface area contributed by atoms with Crippen LogP contribution in [0.2, 0.25) is 0 Å². The average Bonchev–Trinajstić information content (AvgIpc) is 2.95. The molecular formula is C22H18N2O4. The minimum atomic E-state index is -0.442. The number of nitrogens with zero attached hydrogens (tertiary/aromatic N) is 2. The number of nitriles is 1. The van der Waals surface area contributed by atoms with Crippen molar-refractivity contribution in [2.24, 2.45) is 10.9 Å². The van der Waals surface area contributed by atoms with Gasteiger partial charge in [0.2, 0.25) is 0 Å². The molecule has 0 heterocycles. The van der Waals surface area contributed by atoms with E-state index < -0.39 is 11.8 Å². The van der Waals surface area contributed by atoms with Gasteiger partial charge < -0.3 is 9.84 Å². The van der Waals surface area contributed by atoms with Crippen LogP contribution >= 0.6 is 0 Å². The maximum atomic E-state index is 12.6. The Kier molecular flexibility index (Phi) is 5.37. The Labute approximate surface area is 162 Å². The van der Waals surface area contributed by atoms with Gasteiger partial charge in [0.25, 0.3) is 0 Å². The molecule has 0 amide bonds. The zero-order chi connectivity index (χ0) is 20.3. The van der Waals surface area contributed by atoms with Gasteiger partial charge >= 0.3 is 5.97 Å². The molecule has 0 radical (unpaired) electrons. The van der Waals surface area contributed by atoms with Crippen molar-refractivity contribution in [2.45, 2.75) is 13.8 Å². The lowest BCUT2D eigenvalue weighted by Gasteiger charge is -2.07. The number of fused-ring (bicyclic) bond motifs is 1. The zero-order valence-electron chi connectivity index (χ0n) is 15.5. The summed E-state index contributed by atoms with van der Waals surface area (Å²) >= 11 is 0. The molecule has 0 aromatic heterocycles. The molecule has 1 aliphatic rings. The van der Waals surface area contributed by atoms with Crippen LogP contribution in [-0.4, -0.2) is 29.2 Å². The fourth-order valence-electron chi connectivity index (χ4n) is 2.75. The SMILES string of the molecule is CC(C)COC(=O)c1ccc(N=C(C#N)C2=C(O)c3ccccc3C2=O)cc1. The van der Waals surface area contributed by atoms with Crippen LogP contribution in [0.1, 0.15) is 40.1 Å². The van der Waals surface area contributed by atoms with Crippen molar-refractivity contribution in [3.8, 4) is 6.07 Å². The Morgan fingerprint density at radius 2 is 1.79 bits per heavy atom. The van der Waals surface area contributed by atoms with Crippen LogP contribution in [0.5, 0.6) is 0 Å². The number of carbonyl (C=O) groups excluding carboxylic acids is 2. The van der Waals surface area contributed by atoms with E-state index in [1.807, 2.05) is 19.9 Å². The number of rotatable bonds is 5. The number of ether oxygens (including phenoxy) is 1. The van der Waals surface area contributed by atoms with Gasteiger partial charge in [0, 0.05) is 11.1 Å². The minimum Gasteiger partial charge on any atom is -0.506 e. The van der Waals surface area contributed by atoms with E-state index in [9.17, 15) is 20.0 Å². The number of allylic oxidation sites excluding steroid dienone is 1. The first-order valence-corrected chi connectivity index (χ1v) is 8.76. The molecule has 0 bridgehead atoms. The number of benzene rings is 2. The maximum absolute atomic E-state index is 12.6. The van der Waals surface area contributed by atoms with Crippen LogP contribution in [0.25, 0.3) is 5.76 Å². The van der Waals surface area contributed by atoms with Gasteiger partial charge in [-0.25, -0.2) is 9.79 Å². The van der Waals surface area contributed by atoms with Gasteiger partial charge in [0.15, 0.2) is 11.5 Å². The summed E-state index contributed by atoms with van der Waals surface area (Å²) in [6.45, 7) is 4.22. The summed E-state index contributed by atoms with van der Waals surface area (Å²) in [6, 6.07) is 14.6. The average molecular weight is 374 g/mol. The van der Waals surface area contributed by atoms with Gasteiger partial charge in [0.1, 0.15) is 17.4 Å². The predicted octanol–water partition coefficient (Wildman–Crippen LogP) is 4.26. The Morgan fingerprint density at radius 3 is 2.36 bits per heavy atom. The summed E-state index contributed by atoms with van der Waals surface area (Å²) < 4.78 is 5.16. The molecule has 6 nitrogen and oxygen atoms in total. The van der Waals surface area contributed by atoms with Crippen molar-refractivity contribution < 1.29 is 19.4 Å². The summed E-state index contributed by atoms with van der Waals surface area (Å²) in [5.74, 6) is -0.899. The van der Waals surface area contributed by atoms with Gasteiger partial charge in [-0.3, -0.25) is 4.79 Å². The lowest BCUT2D eigenvalue weighted by molar-refractivity contribution is 0.0459. The molecule has 0 aliphatic heterocycles. The van der Waals surface area contributed by atoms with E-state index in [2.05, 4.69) is 4.99 Å². The van der Waals surface area contributed by atoms with E-state index in [0.717, 1.165) is 0 Å². The largest absolute Gasteiger partial charge is 0.506 e. The normalized spacial score (nSPS) is 13.5. The molecule has 1 aliphatic carbocycles. The minimum absolute atomic E-state index is 0.121. The number of Topliss-reactive ketones (excluding diaryl/α,β-unsaturated/α-hetero) is 1. The van der Waals surface area contributed by atoms with Gasteiger partial charge in [-0.05, 0) is 30.2 Å². The van der Waals surface area contributed by atoms with Crippen LogP contribution in [-0.2, 0) is 4.74 Å². The van der Waals surface area contributed by atoms with Crippen molar-refractivity contribution in [3.63, 3.8) is 0 Å². The Morgan fingerprint density at radius 1 is 1.14 bits per heavy atom. The maximum Gasteiger partial charge on any atom is 0.338 e. The Hall–Kier alpha value is -3.72. The van der Waals surface area contributed by atoms with Gasteiger partial charge in [0.05, 0.1) is 17.9 Å². The second kappa shape index (κ2) is 7.89. The van der Waals surface area contributed by atoms with E-state index in [-0.39, 0.29) is 23.0 Å². The standard InChI is InChI=1S/C22H18N2O4/c1-13(2)12-28-22(27)14-7-9-15(10-8-14)24-18(11-23)19-20(25)16-5-3-4-6-17(16)21(19)26/h3-10,13,25H,12H2,1-2H3. The molecule has 28 heavy (non-hydrogen) atoms. The molecule has 0 fully saturated rings. The fourth-order valence-corrected chi connectivity index (χ4v) is 2.75. The first-order valence-electron chi connectivity index (χ1n) is 8.76. The van der Waals surface area contributed by atoms with E-state index in [4.69, 9.17) is 4.74 Å². The molecule has 0 atom stereocenters. The highest BCUT2D eigenvalue weighted by atomic mass is 16.5. The highest BCUT2D eigenvalue weighted by molar-refractivity contribution is 6.39. The number of aliphatic hydroxyl groups is 1. The van der Waals surface area contributed by atoms with Crippen molar-refractivity contribution in [3.05, 3.63) is 70.8 Å². The third-order valence-corrected chi connectivity index (χ3v) is 4.13. The lowest BCUT2D eigenvalue weighted by atomic mass is 10.1. The number of esters is 1. The highest BCUT2D eigenvalue weighted by Gasteiger charge is 2.32. The molecular weight excluding hydrogens is 356 g/mol. The highest BCUT2D eigenvalue weighted by Crippen LogP contribution is 2.32. The molecule has 0 spiro atoms. The van der Waals surface area contributed by atoms with Crippen molar-refractivity contribution >= 4 is 28.9 Å². The zero-order valence-corrected chi connectivity index (χ0v) is 15.5. The van der Waals surface area contributed by atoms with E-state index in [1.54, 1.807) is 36.4 Å². The summed E-state index contributed by atoms with van der Waals surface area (Å²) in [6.07, 6.45) is 0. The number of hydrogen-bond acceptors (Lipinski definition) is 6. The van der Waals surface area contributed by atoms with Gasteiger partial charge in [-0.1, -0.05) is 38.1 Å².